The summed E-state index contributed by atoms with van der Waals surface area (Å²) in [5.41, 5.74) is 0.215. The highest BCUT2D eigenvalue weighted by Crippen LogP contribution is 2.29. The molecule has 0 bridgehead atoms. The van der Waals surface area contributed by atoms with E-state index in [1.807, 2.05) is 77.7 Å². The number of carbonyl (C=O) groups is 4. The highest BCUT2D eigenvalue weighted by molar-refractivity contribution is 6.62. The Balaban J connectivity index is 0.000000436. The van der Waals surface area contributed by atoms with E-state index in [9.17, 15) is 19.2 Å². The van der Waals surface area contributed by atoms with Crippen LogP contribution in [-0.2, 0) is 18.6 Å². The number of rotatable bonds is 17. The van der Waals surface area contributed by atoms with Crippen LogP contribution in [0.15, 0.2) is 170 Å². The molecule has 336 valence electrons. The number of hydrogen-bond acceptors (Lipinski definition) is 8. The third kappa shape index (κ3) is 11.3. The van der Waals surface area contributed by atoms with E-state index in [0.717, 1.165) is 0 Å². The topological polar surface area (TPSA) is 110 Å². The Kier molecular flexibility index (Phi) is 16.0. The molecule has 9 nitrogen and oxygen atoms in total. The summed E-state index contributed by atoms with van der Waals surface area (Å²) in [6, 6.07) is 48.3. The SMILES string of the molecule is CCCC[NH+](CCCC)CCCC.O=C(O[B-](OC(=O)c1cccc2ccccc12)(OC(=O)c1cccc2ccccc12)OC(=O)c1cccc2ccccc12)c1cccc2ccccc12. The third-order valence-corrected chi connectivity index (χ3v) is 11.7. The maximum Gasteiger partial charge on any atom is 0.785 e. The van der Waals surface area contributed by atoms with Gasteiger partial charge in [-0.2, -0.15) is 0 Å². The molecule has 8 rings (SSSR count). The van der Waals surface area contributed by atoms with Gasteiger partial charge in [0.05, 0.1) is 41.9 Å². The van der Waals surface area contributed by atoms with E-state index in [-0.39, 0.29) is 22.3 Å². The number of unbranched alkanes of at least 4 members (excludes halogenated alkanes) is 3. The third-order valence-electron chi connectivity index (χ3n) is 11.7. The average Bonchev–Trinajstić information content (AvgIpc) is 3.35. The van der Waals surface area contributed by atoms with Gasteiger partial charge in [0.25, 0.3) is 23.9 Å². The van der Waals surface area contributed by atoms with Crippen LogP contribution in [0.1, 0.15) is 101 Å². The van der Waals surface area contributed by atoms with Gasteiger partial charge in [0, 0.05) is 0 Å². The van der Waals surface area contributed by atoms with Gasteiger partial charge in [-0.1, -0.05) is 186 Å². The van der Waals surface area contributed by atoms with Crippen LogP contribution < -0.4 is 4.90 Å². The molecule has 0 aliphatic carbocycles. The molecule has 0 amide bonds. The lowest BCUT2D eigenvalue weighted by Gasteiger charge is -2.38. The largest absolute Gasteiger partial charge is 0.785 e. The molecule has 1 N–H and O–H groups in total. The van der Waals surface area contributed by atoms with Gasteiger partial charge in [0.1, 0.15) is 0 Å². The van der Waals surface area contributed by atoms with Gasteiger partial charge in [-0.05, 0) is 86.6 Å². The van der Waals surface area contributed by atoms with Crippen molar-refractivity contribution in [2.24, 2.45) is 0 Å². The maximum atomic E-state index is 14.3. The number of hydrogen-bond donors (Lipinski definition) is 1. The first-order chi connectivity index (χ1) is 32.2. The van der Waals surface area contributed by atoms with Crippen molar-refractivity contribution in [3.63, 3.8) is 0 Å². The van der Waals surface area contributed by atoms with Crippen molar-refractivity contribution in [3.8, 4) is 0 Å². The summed E-state index contributed by atoms with van der Waals surface area (Å²) in [6.07, 6.45) is 8.26. The Bertz CT molecular complexity index is 2550. The van der Waals surface area contributed by atoms with Crippen molar-refractivity contribution >= 4 is 73.9 Å². The summed E-state index contributed by atoms with van der Waals surface area (Å²) in [5, 5.41) is 4.89. The summed E-state index contributed by atoms with van der Waals surface area (Å²) in [5.74, 6) is -4.26. The van der Waals surface area contributed by atoms with Crippen LogP contribution in [0.25, 0.3) is 43.1 Å². The fourth-order valence-electron chi connectivity index (χ4n) is 8.19. The first kappa shape index (κ1) is 46.7. The van der Waals surface area contributed by atoms with E-state index in [1.165, 1.54) is 82.4 Å². The Morgan fingerprint density at radius 3 is 0.818 bits per heavy atom. The number of quaternary nitrogens is 1. The quantitative estimate of drug-likeness (QED) is 0.0901. The molecule has 8 aromatic rings. The minimum Gasteiger partial charge on any atom is -0.581 e. The molecule has 0 atom stereocenters. The number of nitrogens with one attached hydrogen (secondary N) is 1. The Labute approximate surface area is 386 Å². The van der Waals surface area contributed by atoms with Gasteiger partial charge in [0.2, 0.25) is 0 Å². The fourth-order valence-corrected chi connectivity index (χ4v) is 8.19. The fraction of sp³-hybridized carbons (Fsp3) is 0.214. The molecule has 66 heavy (non-hydrogen) atoms. The van der Waals surface area contributed by atoms with Crippen LogP contribution in [-0.4, -0.2) is 50.5 Å². The molecule has 0 aromatic heterocycles. The van der Waals surface area contributed by atoms with E-state index in [2.05, 4.69) is 20.8 Å². The lowest BCUT2D eigenvalue weighted by molar-refractivity contribution is -0.900. The number of carbonyl (C=O) groups excluding carboxylic acids is 4. The van der Waals surface area contributed by atoms with Gasteiger partial charge >= 0.3 is 6.96 Å². The van der Waals surface area contributed by atoms with Crippen LogP contribution >= 0.6 is 0 Å². The van der Waals surface area contributed by atoms with Gasteiger partial charge in [-0.25, -0.2) is 0 Å². The summed E-state index contributed by atoms with van der Waals surface area (Å²) in [7, 11) is 0. The van der Waals surface area contributed by atoms with E-state index >= 15 is 0 Å². The molecule has 0 radical (unpaired) electrons. The lowest BCUT2D eigenvalue weighted by atomic mass is 9.98. The zero-order valence-electron chi connectivity index (χ0n) is 37.9. The van der Waals surface area contributed by atoms with Gasteiger partial charge in [0.15, 0.2) is 0 Å². The van der Waals surface area contributed by atoms with Crippen LogP contribution in [0.5, 0.6) is 0 Å². The Morgan fingerprint density at radius 1 is 0.348 bits per heavy atom. The van der Waals surface area contributed by atoms with E-state index in [1.54, 1.807) is 72.8 Å². The van der Waals surface area contributed by atoms with Crippen molar-refractivity contribution in [1.82, 2.24) is 0 Å². The zero-order chi connectivity index (χ0) is 46.3. The standard InChI is InChI=1S/C44H28BO8.C12H27N/c46-41(37-25-9-17-29-13-1-5-21-33(29)37)50-45(51-42(47)38-26-10-18-30-14-2-6-22-34(30)38,52-43(48)39-27-11-19-31-15-3-7-23-35(31)39)53-44(49)40-28-12-20-32-16-4-8-24-36(32)40;1-4-7-10-13(11-8-5-2)12-9-6-3/h1-28H;4-12H2,1-3H3/q-1;/p+1. The number of benzene rings is 8. The second-order valence-corrected chi connectivity index (χ2v) is 16.4. The molecule has 0 saturated heterocycles. The smallest absolute Gasteiger partial charge is 0.581 e. The summed E-state index contributed by atoms with van der Waals surface area (Å²) in [6.45, 7) is 6.73. The summed E-state index contributed by atoms with van der Waals surface area (Å²) >= 11 is 0. The van der Waals surface area contributed by atoms with Gasteiger partial charge in [-0.15, -0.1) is 0 Å². The maximum absolute atomic E-state index is 14.3. The summed E-state index contributed by atoms with van der Waals surface area (Å²) in [4.78, 5) is 59.0. The van der Waals surface area contributed by atoms with Crippen LogP contribution in [0.4, 0.5) is 0 Å². The second kappa shape index (κ2) is 22.6. The predicted octanol–water partition coefficient (Wildman–Crippen LogP) is 11.7. The van der Waals surface area contributed by atoms with Gasteiger partial charge < -0.3 is 23.5 Å². The van der Waals surface area contributed by atoms with Crippen LogP contribution in [0.2, 0.25) is 0 Å². The molecule has 0 aliphatic rings. The molecule has 8 aromatic carbocycles. The van der Waals surface area contributed by atoms with E-state index < -0.39 is 30.8 Å². The Morgan fingerprint density at radius 2 is 0.576 bits per heavy atom. The molecule has 0 fully saturated rings. The molecule has 0 spiro atoms. The molecular weight excluding hydrogens is 825 g/mol. The molecular formula is C56H56BNO8. The minimum atomic E-state index is -4.33. The normalized spacial score (nSPS) is 11.3. The first-order valence-corrected chi connectivity index (χ1v) is 23.0. The highest BCUT2D eigenvalue weighted by Gasteiger charge is 2.49. The molecule has 0 unspecified atom stereocenters. The van der Waals surface area contributed by atoms with Crippen LogP contribution in [0.3, 0.4) is 0 Å². The van der Waals surface area contributed by atoms with Crippen molar-refractivity contribution in [2.75, 3.05) is 19.6 Å². The van der Waals surface area contributed by atoms with Crippen LogP contribution in [0, 0.1) is 0 Å². The van der Waals surface area contributed by atoms with Crippen molar-refractivity contribution in [3.05, 3.63) is 192 Å². The molecule has 10 heteroatoms. The molecule has 0 saturated carbocycles. The first-order valence-electron chi connectivity index (χ1n) is 23.0. The predicted molar refractivity (Wildman–Crippen MR) is 263 cm³/mol. The van der Waals surface area contributed by atoms with Crippen molar-refractivity contribution < 1.29 is 42.7 Å². The molecule has 0 heterocycles. The highest BCUT2D eigenvalue weighted by atomic mass is 16.9. The minimum absolute atomic E-state index is 0.0537. The Hall–Kier alpha value is -7.30. The molecule has 0 aliphatic heterocycles. The van der Waals surface area contributed by atoms with Crippen molar-refractivity contribution in [1.29, 1.82) is 0 Å². The summed E-state index contributed by atoms with van der Waals surface area (Å²) < 4.78 is 23.8. The zero-order valence-corrected chi connectivity index (χ0v) is 37.9. The van der Waals surface area contributed by atoms with Crippen molar-refractivity contribution in [2.45, 2.75) is 59.3 Å². The van der Waals surface area contributed by atoms with E-state index in [0.29, 0.717) is 43.1 Å². The monoisotopic (exact) mass is 881 g/mol. The number of fused-ring (bicyclic) bond motifs is 4. The van der Waals surface area contributed by atoms with E-state index in [4.69, 9.17) is 18.6 Å². The average molecular weight is 882 g/mol. The van der Waals surface area contributed by atoms with Gasteiger partial charge in [-0.3, -0.25) is 19.2 Å². The second-order valence-electron chi connectivity index (χ2n) is 16.4. The lowest BCUT2D eigenvalue weighted by Crippen LogP contribution is -3.12.